The van der Waals surface area contributed by atoms with Crippen LogP contribution in [0.3, 0.4) is 0 Å². The Morgan fingerprint density at radius 1 is 1.47 bits per heavy atom. The van der Waals surface area contributed by atoms with Crippen LogP contribution in [0.1, 0.15) is 27.2 Å². The number of halogens is 1. The van der Waals surface area contributed by atoms with Crippen molar-refractivity contribution >= 4 is 18.3 Å². The van der Waals surface area contributed by atoms with Crippen LogP contribution in [0.5, 0.6) is 0 Å². The highest BCUT2D eigenvalue weighted by atomic mass is 35.5. The Bertz CT molecular complexity index is 186. The van der Waals surface area contributed by atoms with Crippen molar-refractivity contribution < 1.29 is 9.53 Å². The first kappa shape index (κ1) is 17.1. The van der Waals surface area contributed by atoms with Crippen LogP contribution in [-0.4, -0.2) is 38.3 Å². The van der Waals surface area contributed by atoms with E-state index < -0.39 is 0 Å². The predicted molar refractivity (Wildman–Crippen MR) is 64.5 cm³/mol. The Morgan fingerprint density at radius 3 is 2.40 bits per heavy atom. The maximum atomic E-state index is 11.2. The highest BCUT2D eigenvalue weighted by molar-refractivity contribution is 5.85. The molecule has 0 saturated carbocycles. The average Bonchev–Trinajstić information content (AvgIpc) is 2.03. The number of carbonyl (C=O) groups is 1. The fraction of sp³-hybridized carbons (Fsp3) is 0.900. The first-order valence-electron chi connectivity index (χ1n) is 4.90. The molecule has 0 aliphatic carbocycles. The van der Waals surface area contributed by atoms with Crippen LogP contribution in [0.2, 0.25) is 0 Å². The molecule has 4 nitrogen and oxygen atoms in total. The van der Waals surface area contributed by atoms with Crippen LogP contribution in [0.15, 0.2) is 0 Å². The van der Waals surface area contributed by atoms with Crippen LogP contribution in [0.4, 0.5) is 0 Å². The zero-order valence-corrected chi connectivity index (χ0v) is 11.0. The summed E-state index contributed by atoms with van der Waals surface area (Å²) in [6, 6.07) is 0.130. The van der Waals surface area contributed by atoms with E-state index in [9.17, 15) is 4.79 Å². The van der Waals surface area contributed by atoms with Gasteiger partial charge in [0.2, 0.25) is 5.91 Å². The molecule has 0 aromatic rings. The molecular weight excluding hydrogens is 216 g/mol. The molecule has 0 rings (SSSR count). The maximum absolute atomic E-state index is 11.2. The van der Waals surface area contributed by atoms with Crippen molar-refractivity contribution in [3.05, 3.63) is 0 Å². The SMILES string of the molecule is CNCC(=O)NC(C)CC(C)(C)OC.Cl. The van der Waals surface area contributed by atoms with Gasteiger partial charge in [-0.05, 0) is 34.2 Å². The van der Waals surface area contributed by atoms with E-state index in [1.54, 1.807) is 14.2 Å². The minimum atomic E-state index is -0.188. The van der Waals surface area contributed by atoms with E-state index >= 15 is 0 Å². The molecule has 0 aromatic carbocycles. The lowest BCUT2D eigenvalue weighted by Gasteiger charge is -2.27. The van der Waals surface area contributed by atoms with Gasteiger partial charge in [-0.25, -0.2) is 0 Å². The summed E-state index contributed by atoms with van der Waals surface area (Å²) < 4.78 is 5.28. The molecule has 15 heavy (non-hydrogen) atoms. The molecule has 0 radical (unpaired) electrons. The van der Waals surface area contributed by atoms with Crippen molar-refractivity contribution in [2.24, 2.45) is 0 Å². The second kappa shape index (κ2) is 7.91. The predicted octanol–water partition coefficient (Wildman–Crippen LogP) is 0.947. The zero-order valence-electron chi connectivity index (χ0n) is 10.2. The molecule has 2 N–H and O–H groups in total. The largest absolute Gasteiger partial charge is 0.379 e. The summed E-state index contributed by atoms with van der Waals surface area (Å²) in [5, 5.41) is 5.70. The minimum Gasteiger partial charge on any atom is -0.379 e. The van der Waals surface area contributed by atoms with E-state index in [1.165, 1.54) is 0 Å². The maximum Gasteiger partial charge on any atom is 0.234 e. The van der Waals surface area contributed by atoms with E-state index in [1.807, 2.05) is 20.8 Å². The lowest BCUT2D eigenvalue weighted by Crippen LogP contribution is -2.42. The number of hydrogen-bond donors (Lipinski definition) is 2. The number of ether oxygens (including phenoxy) is 1. The van der Waals surface area contributed by atoms with E-state index in [-0.39, 0.29) is 30.0 Å². The molecule has 0 aliphatic rings. The van der Waals surface area contributed by atoms with Gasteiger partial charge in [0.05, 0.1) is 12.1 Å². The standard InChI is InChI=1S/C10H22N2O2.ClH/c1-8(6-10(2,3)14-5)12-9(13)7-11-4;/h8,11H,6-7H2,1-5H3,(H,12,13);1H. The number of hydrogen-bond acceptors (Lipinski definition) is 3. The highest BCUT2D eigenvalue weighted by Crippen LogP contribution is 2.14. The van der Waals surface area contributed by atoms with E-state index in [2.05, 4.69) is 10.6 Å². The molecule has 1 atom stereocenters. The Balaban J connectivity index is 0. The quantitative estimate of drug-likeness (QED) is 0.725. The van der Waals surface area contributed by atoms with Crippen LogP contribution in [0, 0.1) is 0 Å². The lowest BCUT2D eigenvalue weighted by molar-refractivity contribution is -0.121. The molecule has 0 aromatic heterocycles. The summed E-state index contributed by atoms with van der Waals surface area (Å²) in [5.74, 6) is 0.0203. The van der Waals surface area contributed by atoms with Crippen molar-refractivity contribution in [2.45, 2.75) is 38.8 Å². The fourth-order valence-corrected chi connectivity index (χ4v) is 1.36. The van der Waals surface area contributed by atoms with Crippen LogP contribution < -0.4 is 10.6 Å². The smallest absolute Gasteiger partial charge is 0.234 e. The van der Waals surface area contributed by atoms with Gasteiger partial charge in [-0.2, -0.15) is 0 Å². The normalized spacial score (nSPS) is 12.9. The molecular formula is C10H23ClN2O2. The van der Waals surface area contributed by atoms with Gasteiger partial charge in [-0.1, -0.05) is 0 Å². The van der Waals surface area contributed by atoms with Gasteiger partial charge in [0, 0.05) is 13.2 Å². The monoisotopic (exact) mass is 238 g/mol. The topological polar surface area (TPSA) is 50.4 Å². The summed E-state index contributed by atoms with van der Waals surface area (Å²) in [7, 11) is 3.44. The summed E-state index contributed by atoms with van der Waals surface area (Å²) >= 11 is 0. The first-order valence-corrected chi connectivity index (χ1v) is 4.90. The molecule has 0 bridgehead atoms. The molecule has 1 amide bonds. The van der Waals surface area contributed by atoms with Gasteiger partial charge in [0.15, 0.2) is 0 Å². The molecule has 5 heteroatoms. The Morgan fingerprint density at radius 2 is 2.00 bits per heavy atom. The summed E-state index contributed by atoms with van der Waals surface area (Å²) in [5.41, 5.74) is -0.188. The number of methoxy groups -OCH3 is 1. The third-order valence-electron chi connectivity index (χ3n) is 2.10. The second-order valence-electron chi connectivity index (χ2n) is 4.17. The van der Waals surface area contributed by atoms with Gasteiger partial charge >= 0.3 is 0 Å². The number of rotatable bonds is 6. The number of carbonyl (C=O) groups excluding carboxylic acids is 1. The molecule has 0 heterocycles. The summed E-state index contributed by atoms with van der Waals surface area (Å²) in [6.45, 7) is 6.35. The third-order valence-corrected chi connectivity index (χ3v) is 2.10. The number of amides is 1. The van der Waals surface area contributed by atoms with Gasteiger partial charge in [-0.15, -0.1) is 12.4 Å². The molecule has 0 saturated heterocycles. The van der Waals surface area contributed by atoms with Gasteiger partial charge < -0.3 is 15.4 Å². The van der Waals surface area contributed by atoms with Crippen LogP contribution in [0.25, 0.3) is 0 Å². The molecule has 92 valence electrons. The zero-order chi connectivity index (χ0) is 11.2. The Labute approximate surface area is 98.6 Å². The van der Waals surface area contributed by atoms with Crippen LogP contribution in [-0.2, 0) is 9.53 Å². The van der Waals surface area contributed by atoms with Gasteiger partial charge in [0.25, 0.3) is 0 Å². The fourth-order valence-electron chi connectivity index (χ4n) is 1.36. The Kier molecular flexibility index (Phi) is 9.01. The molecule has 1 unspecified atom stereocenters. The molecule has 0 fully saturated rings. The van der Waals surface area contributed by atoms with Gasteiger partial charge in [-0.3, -0.25) is 4.79 Å². The lowest BCUT2D eigenvalue weighted by atomic mass is 10.00. The van der Waals surface area contributed by atoms with Crippen LogP contribution >= 0.6 is 12.4 Å². The van der Waals surface area contributed by atoms with Crippen molar-refractivity contribution in [1.82, 2.24) is 10.6 Å². The van der Waals surface area contributed by atoms with E-state index in [4.69, 9.17) is 4.74 Å². The minimum absolute atomic E-state index is 0. The summed E-state index contributed by atoms with van der Waals surface area (Å²) in [6.07, 6.45) is 0.805. The first-order chi connectivity index (χ1) is 6.41. The van der Waals surface area contributed by atoms with Crippen molar-refractivity contribution in [3.63, 3.8) is 0 Å². The highest BCUT2D eigenvalue weighted by Gasteiger charge is 2.20. The second-order valence-corrected chi connectivity index (χ2v) is 4.17. The Hall–Kier alpha value is -0.320. The molecule has 0 spiro atoms. The number of likely N-dealkylation sites (N-methyl/N-ethyl adjacent to an activating group) is 1. The van der Waals surface area contributed by atoms with E-state index in [0.717, 1.165) is 6.42 Å². The van der Waals surface area contributed by atoms with Crippen molar-refractivity contribution in [3.8, 4) is 0 Å². The van der Waals surface area contributed by atoms with Crippen molar-refractivity contribution in [1.29, 1.82) is 0 Å². The third kappa shape index (κ3) is 8.66. The number of nitrogens with one attached hydrogen (secondary N) is 2. The van der Waals surface area contributed by atoms with E-state index in [0.29, 0.717) is 6.54 Å². The summed E-state index contributed by atoms with van der Waals surface area (Å²) in [4.78, 5) is 11.2. The van der Waals surface area contributed by atoms with Crippen molar-refractivity contribution in [2.75, 3.05) is 20.7 Å². The average molecular weight is 239 g/mol. The molecule has 0 aliphatic heterocycles. The van der Waals surface area contributed by atoms with Gasteiger partial charge in [0.1, 0.15) is 0 Å².